The number of rotatable bonds is 4. The van der Waals surface area contributed by atoms with Crippen LogP contribution in [-0.2, 0) is 4.79 Å². The van der Waals surface area contributed by atoms with Gasteiger partial charge in [-0.15, -0.1) is 0 Å². The Kier molecular flexibility index (Phi) is 5.18. The maximum atomic E-state index is 11.8. The molecule has 2 aromatic carbocycles. The number of methoxy groups -OCH3 is 1. The van der Waals surface area contributed by atoms with Gasteiger partial charge in [-0.3, -0.25) is 4.79 Å². The maximum Gasteiger partial charge on any atom is 0.244 e. The first-order valence-corrected chi connectivity index (χ1v) is 9.00. The summed E-state index contributed by atoms with van der Waals surface area (Å²) >= 11 is 3.46. The van der Waals surface area contributed by atoms with Crippen LogP contribution in [0.2, 0.25) is 0 Å². The van der Waals surface area contributed by atoms with Gasteiger partial charge in [0.05, 0.1) is 13.4 Å². The van der Waals surface area contributed by atoms with E-state index in [0.29, 0.717) is 5.75 Å². The average Bonchev–Trinajstić information content (AvgIpc) is 3.06. The van der Waals surface area contributed by atoms with E-state index in [1.165, 1.54) is 0 Å². The summed E-state index contributed by atoms with van der Waals surface area (Å²) in [6, 6.07) is 10.1. The van der Waals surface area contributed by atoms with Crippen LogP contribution in [0.4, 0.5) is 0 Å². The largest absolute Gasteiger partial charge is 0.496 e. The molecule has 0 aliphatic heterocycles. The molecule has 5 heteroatoms. The molecule has 26 heavy (non-hydrogen) atoms. The van der Waals surface area contributed by atoms with Crippen LogP contribution in [0.15, 0.2) is 51.6 Å². The van der Waals surface area contributed by atoms with Crippen LogP contribution in [0.5, 0.6) is 5.75 Å². The smallest absolute Gasteiger partial charge is 0.244 e. The number of fused-ring (bicyclic) bond motifs is 1. The van der Waals surface area contributed by atoms with Gasteiger partial charge in [-0.05, 0) is 43.2 Å². The molecule has 0 aliphatic rings. The van der Waals surface area contributed by atoms with Gasteiger partial charge >= 0.3 is 0 Å². The molecule has 3 aromatic rings. The highest BCUT2D eigenvalue weighted by atomic mass is 79.9. The number of hydrogen-bond donors (Lipinski definition) is 1. The lowest BCUT2D eigenvalue weighted by atomic mass is 9.96. The summed E-state index contributed by atoms with van der Waals surface area (Å²) in [4.78, 5) is 11.8. The Morgan fingerprint density at radius 3 is 2.58 bits per heavy atom. The summed E-state index contributed by atoms with van der Waals surface area (Å²) in [7, 11) is 3.24. The zero-order valence-electron chi connectivity index (χ0n) is 15.1. The third-order valence-electron chi connectivity index (χ3n) is 4.42. The third kappa shape index (κ3) is 3.27. The first kappa shape index (κ1) is 18.3. The molecular weight excluding hydrogens is 394 g/mol. The van der Waals surface area contributed by atoms with E-state index in [1.807, 2.05) is 44.2 Å². The standard InChI is InChI=1S/C21H20BrNO3/c1-12(9-19(24)23-3)16-10-17-18(14-5-7-15(22)8-6-14)11-26-21(17)13(2)20(16)25-4/h5-11H,1-4H3,(H,23,24)/b12-9+. The molecule has 1 heterocycles. The fourth-order valence-corrected chi connectivity index (χ4v) is 3.34. The lowest BCUT2D eigenvalue weighted by Gasteiger charge is -2.13. The molecule has 3 rings (SSSR count). The average molecular weight is 414 g/mol. The Labute approximate surface area is 161 Å². The topological polar surface area (TPSA) is 51.5 Å². The number of benzene rings is 2. The summed E-state index contributed by atoms with van der Waals surface area (Å²) in [5, 5.41) is 3.60. The lowest BCUT2D eigenvalue weighted by Crippen LogP contribution is -2.14. The first-order valence-electron chi connectivity index (χ1n) is 8.21. The molecule has 0 spiro atoms. The van der Waals surface area contributed by atoms with Crippen molar-refractivity contribution in [3.05, 3.63) is 58.3 Å². The first-order chi connectivity index (χ1) is 12.5. The molecule has 0 radical (unpaired) electrons. The second kappa shape index (κ2) is 7.38. The van der Waals surface area contributed by atoms with Crippen LogP contribution in [-0.4, -0.2) is 20.1 Å². The minimum absolute atomic E-state index is 0.150. The van der Waals surface area contributed by atoms with E-state index in [1.54, 1.807) is 26.5 Å². The van der Waals surface area contributed by atoms with Crippen molar-refractivity contribution >= 4 is 38.4 Å². The second-order valence-corrected chi connectivity index (χ2v) is 6.97. The second-order valence-electron chi connectivity index (χ2n) is 6.06. The van der Waals surface area contributed by atoms with Crippen molar-refractivity contribution in [2.45, 2.75) is 13.8 Å². The third-order valence-corrected chi connectivity index (χ3v) is 4.95. The highest BCUT2D eigenvalue weighted by Crippen LogP contribution is 2.40. The highest BCUT2D eigenvalue weighted by Gasteiger charge is 2.18. The van der Waals surface area contributed by atoms with Crippen LogP contribution in [0.1, 0.15) is 18.1 Å². The Morgan fingerprint density at radius 1 is 1.27 bits per heavy atom. The van der Waals surface area contributed by atoms with Gasteiger partial charge in [0.2, 0.25) is 5.91 Å². The number of halogens is 1. The normalized spacial score (nSPS) is 11.7. The van der Waals surface area contributed by atoms with Gasteiger partial charge in [0, 0.05) is 39.7 Å². The fourth-order valence-electron chi connectivity index (χ4n) is 3.07. The molecular formula is C21H20BrNO3. The van der Waals surface area contributed by atoms with Crippen molar-refractivity contribution in [2.24, 2.45) is 0 Å². The van der Waals surface area contributed by atoms with Crippen molar-refractivity contribution in [3.63, 3.8) is 0 Å². The zero-order valence-corrected chi connectivity index (χ0v) is 16.7. The number of allylic oxidation sites excluding steroid dienone is 1. The number of hydrogen-bond acceptors (Lipinski definition) is 3. The molecule has 0 saturated heterocycles. The van der Waals surface area contributed by atoms with Gasteiger partial charge in [-0.25, -0.2) is 0 Å². The van der Waals surface area contributed by atoms with Gasteiger partial charge in [-0.1, -0.05) is 28.1 Å². The quantitative estimate of drug-likeness (QED) is 0.588. The van der Waals surface area contributed by atoms with Gasteiger partial charge in [0.15, 0.2) is 0 Å². The van der Waals surface area contributed by atoms with Crippen molar-refractivity contribution in [1.82, 2.24) is 5.32 Å². The number of amides is 1. The molecule has 0 saturated carbocycles. The molecule has 0 unspecified atom stereocenters. The molecule has 1 amide bonds. The molecule has 0 fully saturated rings. The van der Waals surface area contributed by atoms with Gasteiger partial charge in [-0.2, -0.15) is 0 Å². The van der Waals surface area contributed by atoms with Gasteiger partial charge in [0.1, 0.15) is 11.3 Å². The Bertz CT molecular complexity index is 1000. The molecule has 4 nitrogen and oxygen atoms in total. The molecule has 134 valence electrons. The van der Waals surface area contributed by atoms with Crippen molar-refractivity contribution in [3.8, 4) is 16.9 Å². The van der Waals surface area contributed by atoms with Crippen LogP contribution in [0, 0.1) is 6.92 Å². The number of aryl methyl sites for hydroxylation is 1. The Hall–Kier alpha value is -2.53. The fraction of sp³-hybridized carbons (Fsp3) is 0.190. The number of nitrogens with one attached hydrogen (secondary N) is 1. The summed E-state index contributed by atoms with van der Waals surface area (Å²) in [5.41, 5.74) is 5.47. The van der Waals surface area contributed by atoms with E-state index < -0.39 is 0 Å². The summed E-state index contributed by atoms with van der Waals surface area (Å²) in [6.07, 6.45) is 3.34. The van der Waals surface area contributed by atoms with Crippen LogP contribution in [0.3, 0.4) is 0 Å². The number of likely N-dealkylation sites (N-methyl/N-ethyl adjacent to an activating group) is 1. The molecule has 0 aliphatic carbocycles. The summed E-state index contributed by atoms with van der Waals surface area (Å²) in [5.74, 6) is 0.564. The minimum Gasteiger partial charge on any atom is -0.496 e. The molecule has 1 N–H and O–H groups in total. The minimum atomic E-state index is -0.150. The predicted molar refractivity (Wildman–Crippen MR) is 108 cm³/mol. The van der Waals surface area contributed by atoms with E-state index in [2.05, 4.69) is 21.2 Å². The van der Waals surface area contributed by atoms with Gasteiger partial charge in [0.25, 0.3) is 0 Å². The van der Waals surface area contributed by atoms with E-state index >= 15 is 0 Å². The number of ether oxygens (including phenoxy) is 1. The van der Waals surface area contributed by atoms with E-state index in [0.717, 1.165) is 43.3 Å². The summed E-state index contributed by atoms with van der Waals surface area (Å²) < 4.78 is 12.5. The SMILES string of the molecule is CNC(=O)/C=C(\C)c1cc2c(-c3ccc(Br)cc3)coc2c(C)c1OC. The molecule has 1 aromatic heterocycles. The van der Waals surface area contributed by atoms with E-state index in [4.69, 9.17) is 9.15 Å². The zero-order chi connectivity index (χ0) is 18.8. The molecule has 0 bridgehead atoms. The molecule has 0 atom stereocenters. The van der Waals surface area contributed by atoms with Crippen LogP contribution in [0.25, 0.3) is 27.7 Å². The maximum absolute atomic E-state index is 11.8. The lowest BCUT2D eigenvalue weighted by molar-refractivity contribution is -0.116. The number of carbonyl (C=O) groups excluding carboxylic acids is 1. The van der Waals surface area contributed by atoms with E-state index in [9.17, 15) is 4.79 Å². The van der Waals surface area contributed by atoms with E-state index in [-0.39, 0.29) is 5.91 Å². The predicted octanol–water partition coefficient (Wildman–Crippen LogP) is 5.33. The Balaban J connectivity index is 2.25. The highest BCUT2D eigenvalue weighted by molar-refractivity contribution is 9.10. The number of carbonyl (C=O) groups is 1. The van der Waals surface area contributed by atoms with Crippen molar-refractivity contribution in [1.29, 1.82) is 0 Å². The van der Waals surface area contributed by atoms with Gasteiger partial charge < -0.3 is 14.5 Å². The summed E-state index contributed by atoms with van der Waals surface area (Å²) in [6.45, 7) is 3.87. The monoisotopic (exact) mass is 413 g/mol. The van der Waals surface area contributed by atoms with Crippen LogP contribution < -0.4 is 10.1 Å². The van der Waals surface area contributed by atoms with Crippen molar-refractivity contribution < 1.29 is 13.9 Å². The Morgan fingerprint density at radius 2 is 1.96 bits per heavy atom. The number of furan rings is 1. The van der Waals surface area contributed by atoms with Crippen molar-refractivity contribution in [2.75, 3.05) is 14.2 Å². The van der Waals surface area contributed by atoms with Crippen LogP contribution >= 0.6 is 15.9 Å².